The Morgan fingerprint density at radius 3 is 2.79 bits per heavy atom. The van der Waals surface area contributed by atoms with Crippen LogP contribution in [0, 0.1) is 5.82 Å². The molecule has 0 spiro atoms. The molecule has 0 saturated carbocycles. The monoisotopic (exact) mass is 414 g/mol. The second-order valence-corrected chi connectivity index (χ2v) is 7.03. The number of rotatable bonds is 6. The number of thiophene rings is 1. The van der Waals surface area contributed by atoms with E-state index in [1.165, 1.54) is 30.6 Å². The van der Waals surface area contributed by atoms with E-state index in [0.717, 1.165) is 4.70 Å². The zero-order chi connectivity index (χ0) is 20.4. The zero-order valence-electron chi connectivity index (χ0n) is 15.5. The summed E-state index contributed by atoms with van der Waals surface area (Å²) in [5.74, 6) is 0.680. The Balaban J connectivity index is 1.47. The smallest absolute Gasteiger partial charge is 0.348 e. The lowest BCUT2D eigenvalue weighted by atomic mass is 10.2. The van der Waals surface area contributed by atoms with Gasteiger partial charge in [-0.1, -0.05) is 5.16 Å². The molecule has 0 fully saturated rings. The van der Waals surface area contributed by atoms with Crippen molar-refractivity contribution in [3.8, 4) is 22.9 Å². The van der Waals surface area contributed by atoms with Crippen LogP contribution in [0.4, 0.5) is 4.39 Å². The van der Waals surface area contributed by atoms with Crippen molar-refractivity contribution in [3.63, 3.8) is 0 Å². The number of esters is 1. The number of hydrogen-bond donors (Lipinski definition) is 0. The predicted octanol–water partition coefficient (Wildman–Crippen LogP) is 4.46. The van der Waals surface area contributed by atoms with Gasteiger partial charge in [0.05, 0.1) is 19.8 Å². The summed E-state index contributed by atoms with van der Waals surface area (Å²) in [6.07, 6.45) is 0. The van der Waals surface area contributed by atoms with Crippen molar-refractivity contribution in [1.82, 2.24) is 10.1 Å². The van der Waals surface area contributed by atoms with Crippen molar-refractivity contribution in [1.29, 1.82) is 0 Å². The van der Waals surface area contributed by atoms with E-state index < -0.39 is 5.97 Å². The molecule has 0 unspecified atom stereocenters. The van der Waals surface area contributed by atoms with E-state index in [9.17, 15) is 9.18 Å². The lowest BCUT2D eigenvalue weighted by Gasteiger charge is -2.07. The van der Waals surface area contributed by atoms with Crippen LogP contribution in [0.2, 0.25) is 0 Å². The van der Waals surface area contributed by atoms with Crippen molar-refractivity contribution in [2.24, 2.45) is 0 Å². The molecule has 4 aromatic rings. The molecule has 7 nitrogen and oxygen atoms in total. The van der Waals surface area contributed by atoms with Gasteiger partial charge in [0.1, 0.15) is 22.2 Å². The van der Waals surface area contributed by atoms with Gasteiger partial charge in [-0.2, -0.15) is 4.98 Å². The van der Waals surface area contributed by atoms with E-state index in [1.807, 2.05) is 0 Å². The normalized spacial score (nSPS) is 10.9. The highest BCUT2D eigenvalue weighted by molar-refractivity contribution is 7.20. The fourth-order valence-electron chi connectivity index (χ4n) is 2.72. The van der Waals surface area contributed by atoms with E-state index in [2.05, 4.69) is 10.1 Å². The van der Waals surface area contributed by atoms with Gasteiger partial charge in [0, 0.05) is 10.8 Å². The second-order valence-electron chi connectivity index (χ2n) is 5.95. The minimum atomic E-state index is -0.548. The van der Waals surface area contributed by atoms with Gasteiger partial charge in [0.2, 0.25) is 5.82 Å². The summed E-state index contributed by atoms with van der Waals surface area (Å²) in [6.45, 7) is -0.188. The highest BCUT2D eigenvalue weighted by Crippen LogP contribution is 2.32. The van der Waals surface area contributed by atoms with Crippen LogP contribution < -0.4 is 9.47 Å². The van der Waals surface area contributed by atoms with Crippen LogP contribution >= 0.6 is 11.3 Å². The fraction of sp³-hybridized carbons (Fsp3) is 0.150. The Labute approximate surface area is 168 Å². The molecule has 9 heteroatoms. The third kappa shape index (κ3) is 3.90. The number of fused-ring (bicyclic) bond motifs is 1. The predicted molar refractivity (Wildman–Crippen MR) is 104 cm³/mol. The first-order chi connectivity index (χ1) is 14.1. The van der Waals surface area contributed by atoms with Crippen molar-refractivity contribution < 1.29 is 27.9 Å². The zero-order valence-corrected chi connectivity index (χ0v) is 16.3. The number of benzene rings is 2. The van der Waals surface area contributed by atoms with Crippen LogP contribution in [0.1, 0.15) is 15.6 Å². The van der Waals surface area contributed by atoms with Crippen LogP contribution in [0.5, 0.6) is 11.5 Å². The number of carbonyl (C=O) groups excluding carboxylic acids is 1. The molecule has 2 heterocycles. The van der Waals surface area contributed by atoms with E-state index in [1.54, 1.807) is 37.4 Å². The first-order valence-electron chi connectivity index (χ1n) is 8.48. The van der Waals surface area contributed by atoms with Crippen LogP contribution in [-0.4, -0.2) is 30.3 Å². The molecule has 0 N–H and O–H groups in total. The number of ether oxygens (including phenoxy) is 3. The first-order valence-corrected chi connectivity index (χ1v) is 9.30. The first kappa shape index (κ1) is 18.9. The summed E-state index contributed by atoms with van der Waals surface area (Å²) in [6, 6.07) is 11.1. The molecular weight excluding hydrogens is 399 g/mol. The van der Waals surface area contributed by atoms with Crippen LogP contribution in [0.3, 0.4) is 0 Å². The SMILES string of the molecule is COc1ccc(-c2noc(COC(=O)c3cc4cc(F)ccc4s3)n2)c(OC)c1. The maximum absolute atomic E-state index is 13.3. The molecule has 2 aromatic heterocycles. The minimum Gasteiger partial charge on any atom is -0.497 e. The van der Waals surface area contributed by atoms with Gasteiger partial charge >= 0.3 is 5.97 Å². The number of nitrogens with zero attached hydrogens (tertiary/aromatic N) is 2. The molecule has 0 amide bonds. The lowest BCUT2D eigenvalue weighted by molar-refractivity contribution is 0.0435. The maximum atomic E-state index is 13.3. The molecule has 2 aromatic carbocycles. The van der Waals surface area contributed by atoms with E-state index in [4.69, 9.17) is 18.7 Å². The van der Waals surface area contributed by atoms with E-state index in [0.29, 0.717) is 33.2 Å². The van der Waals surface area contributed by atoms with E-state index in [-0.39, 0.29) is 18.3 Å². The molecule has 0 bridgehead atoms. The molecule has 0 atom stereocenters. The van der Waals surface area contributed by atoms with Crippen LogP contribution in [0.25, 0.3) is 21.5 Å². The Morgan fingerprint density at radius 2 is 2.00 bits per heavy atom. The van der Waals surface area contributed by atoms with Crippen LogP contribution in [0.15, 0.2) is 47.0 Å². The van der Waals surface area contributed by atoms with Crippen molar-refractivity contribution in [2.75, 3.05) is 14.2 Å². The quantitative estimate of drug-likeness (QED) is 0.431. The van der Waals surface area contributed by atoms with Gasteiger partial charge in [-0.25, -0.2) is 9.18 Å². The highest BCUT2D eigenvalue weighted by Gasteiger charge is 2.17. The number of aromatic nitrogens is 2. The molecule has 0 saturated heterocycles. The summed E-state index contributed by atoms with van der Waals surface area (Å²) in [7, 11) is 3.08. The summed E-state index contributed by atoms with van der Waals surface area (Å²) in [5.41, 5.74) is 0.612. The Bertz CT molecular complexity index is 1190. The van der Waals surface area contributed by atoms with E-state index >= 15 is 0 Å². The molecule has 0 aliphatic heterocycles. The summed E-state index contributed by atoms with van der Waals surface area (Å²) >= 11 is 1.22. The van der Waals surface area contributed by atoms with Crippen molar-refractivity contribution in [2.45, 2.75) is 6.61 Å². The van der Waals surface area contributed by atoms with Crippen molar-refractivity contribution in [3.05, 3.63) is 59.0 Å². The molecule has 148 valence electrons. The second kappa shape index (κ2) is 7.88. The average Bonchev–Trinajstić information content (AvgIpc) is 3.38. The number of carbonyl (C=O) groups is 1. The molecular formula is C20H15FN2O5S. The molecule has 0 aliphatic rings. The average molecular weight is 414 g/mol. The third-order valence-corrected chi connectivity index (χ3v) is 5.22. The number of halogens is 1. The molecule has 0 aliphatic carbocycles. The van der Waals surface area contributed by atoms with Gasteiger partial charge in [0.25, 0.3) is 5.89 Å². The molecule has 29 heavy (non-hydrogen) atoms. The summed E-state index contributed by atoms with van der Waals surface area (Å²) in [5, 5.41) is 4.56. The minimum absolute atomic E-state index is 0.137. The number of hydrogen-bond acceptors (Lipinski definition) is 8. The Hall–Kier alpha value is -3.46. The fourth-order valence-corrected chi connectivity index (χ4v) is 3.66. The van der Waals surface area contributed by atoms with Gasteiger partial charge in [0.15, 0.2) is 6.61 Å². The van der Waals surface area contributed by atoms with Gasteiger partial charge in [-0.3, -0.25) is 0 Å². The summed E-state index contributed by atoms with van der Waals surface area (Å²) < 4.78 is 35.0. The van der Waals surface area contributed by atoms with Gasteiger partial charge in [-0.15, -0.1) is 11.3 Å². The topological polar surface area (TPSA) is 83.7 Å². The Kier molecular flexibility index (Phi) is 5.13. The largest absolute Gasteiger partial charge is 0.497 e. The molecule has 0 radical (unpaired) electrons. The van der Waals surface area contributed by atoms with Crippen molar-refractivity contribution >= 4 is 27.4 Å². The molecule has 4 rings (SSSR count). The maximum Gasteiger partial charge on any atom is 0.348 e. The lowest BCUT2D eigenvalue weighted by Crippen LogP contribution is -2.03. The Morgan fingerprint density at radius 1 is 1.14 bits per heavy atom. The van der Waals surface area contributed by atoms with Crippen LogP contribution in [-0.2, 0) is 11.3 Å². The standard InChI is InChI=1S/C20H15FN2O5S/c1-25-13-4-5-14(15(9-13)26-2)19-22-18(28-23-19)10-27-20(24)17-8-11-7-12(21)3-6-16(11)29-17/h3-9H,10H2,1-2H3. The highest BCUT2D eigenvalue weighted by atomic mass is 32.1. The van der Waals surface area contributed by atoms with Gasteiger partial charge in [-0.05, 0) is 41.8 Å². The van der Waals surface area contributed by atoms with Gasteiger partial charge < -0.3 is 18.7 Å². The number of methoxy groups -OCH3 is 2. The third-order valence-electron chi connectivity index (χ3n) is 4.12. The summed E-state index contributed by atoms with van der Waals surface area (Å²) in [4.78, 5) is 16.9.